The average Bonchev–Trinajstić information content (AvgIpc) is 3.07. The van der Waals surface area contributed by atoms with E-state index in [1.165, 1.54) is 28.0 Å². The summed E-state index contributed by atoms with van der Waals surface area (Å²) in [5, 5.41) is 0.848. The fraction of sp³-hybridized carbons (Fsp3) is 0.391. The van der Waals surface area contributed by atoms with E-state index in [9.17, 15) is 4.79 Å². The predicted octanol–water partition coefficient (Wildman–Crippen LogP) is 4.40. The van der Waals surface area contributed by atoms with Gasteiger partial charge in [0.25, 0.3) is 5.56 Å². The van der Waals surface area contributed by atoms with Crippen molar-refractivity contribution in [3.8, 4) is 0 Å². The zero-order valence-corrected chi connectivity index (χ0v) is 17.0. The fourth-order valence-corrected chi connectivity index (χ4v) is 5.85. The molecule has 0 unspecified atom stereocenters. The molecule has 4 nitrogen and oxygen atoms in total. The molecule has 2 aliphatic rings. The molecule has 144 valence electrons. The Kier molecular flexibility index (Phi) is 4.65. The number of fused-ring (bicyclic) bond motifs is 3. The highest BCUT2D eigenvalue weighted by Crippen LogP contribution is 2.35. The molecule has 0 fully saturated rings. The van der Waals surface area contributed by atoms with Gasteiger partial charge in [-0.25, -0.2) is 4.98 Å². The van der Waals surface area contributed by atoms with Crippen molar-refractivity contribution in [3.63, 3.8) is 0 Å². The van der Waals surface area contributed by atoms with Gasteiger partial charge < -0.3 is 4.98 Å². The van der Waals surface area contributed by atoms with Crippen LogP contribution in [0.1, 0.15) is 41.6 Å². The lowest BCUT2D eigenvalue weighted by molar-refractivity contribution is 0.286. The molecule has 0 bridgehead atoms. The van der Waals surface area contributed by atoms with Gasteiger partial charge >= 0.3 is 0 Å². The summed E-state index contributed by atoms with van der Waals surface area (Å²) < 4.78 is 0. The van der Waals surface area contributed by atoms with Crippen molar-refractivity contribution in [3.05, 3.63) is 68.6 Å². The Morgan fingerprint density at radius 3 is 2.89 bits per heavy atom. The molecule has 0 amide bonds. The lowest BCUT2D eigenvalue weighted by Gasteiger charge is -2.25. The van der Waals surface area contributed by atoms with Crippen LogP contribution in [0.4, 0.5) is 0 Å². The second kappa shape index (κ2) is 7.30. The second-order valence-electron chi connectivity index (χ2n) is 8.13. The smallest absolute Gasteiger partial charge is 0.259 e. The third-order valence-corrected chi connectivity index (χ3v) is 7.17. The number of benzene rings is 1. The van der Waals surface area contributed by atoms with E-state index < -0.39 is 0 Å². The van der Waals surface area contributed by atoms with Crippen molar-refractivity contribution in [2.24, 2.45) is 5.92 Å². The van der Waals surface area contributed by atoms with Crippen LogP contribution >= 0.6 is 11.3 Å². The molecule has 5 rings (SSSR count). The zero-order valence-electron chi connectivity index (χ0n) is 16.2. The van der Waals surface area contributed by atoms with Crippen LogP contribution in [-0.4, -0.2) is 28.0 Å². The van der Waals surface area contributed by atoms with Gasteiger partial charge in [0.2, 0.25) is 0 Å². The number of rotatable bonds is 3. The second-order valence-corrected chi connectivity index (χ2v) is 9.21. The van der Waals surface area contributed by atoms with Crippen LogP contribution < -0.4 is 5.56 Å². The quantitative estimate of drug-likeness (QED) is 0.720. The van der Waals surface area contributed by atoms with Gasteiger partial charge in [-0.05, 0) is 48.3 Å². The average molecular weight is 392 g/mol. The van der Waals surface area contributed by atoms with Crippen LogP contribution in [0.5, 0.6) is 0 Å². The summed E-state index contributed by atoms with van der Waals surface area (Å²) in [4.78, 5) is 25.3. The lowest BCUT2D eigenvalue weighted by atomic mass is 9.89. The van der Waals surface area contributed by atoms with Crippen molar-refractivity contribution in [1.82, 2.24) is 14.9 Å². The summed E-state index contributed by atoms with van der Waals surface area (Å²) in [6.07, 6.45) is 6.61. The first-order valence-corrected chi connectivity index (χ1v) is 11.0. The SMILES string of the molecule is C[C@@H]1CCc2c(sc3nc(CN4CC=C(c5ccccc5)CC4)[nH]c(=O)c23)C1. The van der Waals surface area contributed by atoms with E-state index in [1.807, 2.05) is 0 Å². The third kappa shape index (κ3) is 3.33. The molecule has 3 aromatic rings. The molecular formula is C23H25N3OS. The van der Waals surface area contributed by atoms with Crippen LogP contribution in [0.15, 0.2) is 41.2 Å². The molecule has 1 N–H and O–H groups in total. The van der Waals surface area contributed by atoms with Crippen LogP contribution in [0, 0.1) is 5.92 Å². The molecule has 28 heavy (non-hydrogen) atoms. The van der Waals surface area contributed by atoms with Crippen LogP contribution in [0.25, 0.3) is 15.8 Å². The predicted molar refractivity (Wildman–Crippen MR) is 116 cm³/mol. The van der Waals surface area contributed by atoms with Crippen molar-refractivity contribution in [2.45, 2.75) is 39.2 Å². The fourth-order valence-electron chi connectivity index (χ4n) is 4.45. The van der Waals surface area contributed by atoms with E-state index in [0.717, 1.165) is 48.4 Å². The van der Waals surface area contributed by atoms with Gasteiger partial charge in [-0.15, -0.1) is 11.3 Å². The van der Waals surface area contributed by atoms with Crippen molar-refractivity contribution >= 4 is 27.1 Å². The minimum absolute atomic E-state index is 0.0459. The molecule has 1 atom stereocenters. The maximum Gasteiger partial charge on any atom is 0.259 e. The molecule has 1 aliphatic carbocycles. The molecule has 0 saturated carbocycles. The first-order valence-electron chi connectivity index (χ1n) is 10.2. The number of hydrogen-bond acceptors (Lipinski definition) is 4. The van der Waals surface area contributed by atoms with Gasteiger partial charge in [0.15, 0.2) is 0 Å². The Morgan fingerprint density at radius 2 is 2.11 bits per heavy atom. The van der Waals surface area contributed by atoms with Crippen LogP contribution in [0.3, 0.4) is 0 Å². The Bertz CT molecular complexity index is 1100. The molecule has 1 aromatic carbocycles. The third-order valence-electron chi connectivity index (χ3n) is 6.03. The Hall–Kier alpha value is -2.24. The van der Waals surface area contributed by atoms with Gasteiger partial charge in [0.1, 0.15) is 10.7 Å². The highest BCUT2D eigenvalue weighted by atomic mass is 32.1. The maximum atomic E-state index is 12.8. The summed E-state index contributed by atoms with van der Waals surface area (Å²) in [6.45, 7) is 4.87. The number of hydrogen-bond donors (Lipinski definition) is 1. The summed E-state index contributed by atoms with van der Waals surface area (Å²) in [7, 11) is 0. The van der Waals surface area contributed by atoms with E-state index in [4.69, 9.17) is 4.98 Å². The highest BCUT2D eigenvalue weighted by Gasteiger charge is 2.23. The number of aryl methyl sites for hydroxylation is 1. The summed E-state index contributed by atoms with van der Waals surface area (Å²) >= 11 is 1.73. The minimum Gasteiger partial charge on any atom is -0.309 e. The van der Waals surface area contributed by atoms with Crippen molar-refractivity contribution < 1.29 is 0 Å². The lowest BCUT2D eigenvalue weighted by Crippen LogP contribution is -2.29. The molecule has 0 saturated heterocycles. The highest BCUT2D eigenvalue weighted by molar-refractivity contribution is 7.18. The molecule has 1 aliphatic heterocycles. The Balaban J connectivity index is 1.36. The van der Waals surface area contributed by atoms with Gasteiger partial charge in [0.05, 0.1) is 11.9 Å². The molecule has 5 heteroatoms. The number of thiophene rings is 1. The summed E-state index contributed by atoms with van der Waals surface area (Å²) in [5.74, 6) is 1.50. The minimum atomic E-state index is 0.0459. The molecule has 3 heterocycles. The number of aromatic nitrogens is 2. The molecule has 0 radical (unpaired) electrons. The van der Waals surface area contributed by atoms with E-state index >= 15 is 0 Å². The van der Waals surface area contributed by atoms with Gasteiger partial charge in [-0.2, -0.15) is 0 Å². The first kappa shape index (κ1) is 17.8. The topological polar surface area (TPSA) is 49.0 Å². The Morgan fingerprint density at radius 1 is 1.25 bits per heavy atom. The van der Waals surface area contributed by atoms with Crippen LogP contribution in [-0.2, 0) is 19.4 Å². The molecule has 2 aromatic heterocycles. The van der Waals surface area contributed by atoms with E-state index in [2.05, 4.69) is 53.2 Å². The Labute approximate surface area is 168 Å². The largest absolute Gasteiger partial charge is 0.309 e. The van der Waals surface area contributed by atoms with Gasteiger partial charge in [-0.1, -0.05) is 43.3 Å². The van der Waals surface area contributed by atoms with Gasteiger partial charge in [-0.3, -0.25) is 9.69 Å². The molecule has 0 spiro atoms. The number of H-pyrrole nitrogens is 1. The van der Waals surface area contributed by atoms with E-state index in [1.54, 1.807) is 11.3 Å². The molecular weight excluding hydrogens is 366 g/mol. The monoisotopic (exact) mass is 391 g/mol. The number of nitrogens with one attached hydrogen (secondary N) is 1. The number of nitrogens with zero attached hydrogens (tertiary/aromatic N) is 2. The maximum absolute atomic E-state index is 12.8. The van der Waals surface area contributed by atoms with Crippen molar-refractivity contribution in [2.75, 3.05) is 13.1 Å². The van der Waals surface area contributed by atoms with Crippen molar-refractivity contribution in [1.29, 1.82) is 0 Å². The van der Waals surface area contributed by atoms with Gasteiger partial charge in [0, 0.05) is 18.0 Å². The first-order chi connectivity index (χ1) is 13.7. The van der Waals surface area contributed by atoms with E-state index in [-0.39, 0.29) is 5.56 Å². The van der Waals surface area contributed by atoms with Crippen LogP contribution in [0.2, 0.25) is 0 Å². The summed E-state index contributed by atoms with van der Waals surface area (Å²) in [5.41, 5.74) is 4.03. The standard InChI is InChI=1S/C23H25N3OS/c1-15-7-8-18-19(13-15)28-23-21(18)22(27)24-20(25-23)14-26-11-9-17(10-12-26)16-5-3-2-4-6-16/h2-6,9,15H,7-8,10-14H2,1H3,(H,24,25,27)/t15-/m1/s1. The number of aromatic amines is 1. The van der Waals surface area contributed by atoms with E-state index in [0.29, 0.717) is 12.5 Å². The summed E-state index contributed by atoms with van der Waals surface area (Å²) in [6, 6.07) is 10.6. The normalized spacial score (nSPS) is 20.2. The zero-order chi connectivity index (χ0) is 19.1.